The lowest BCUT2D eigenvalue weighted by Gasteiger charge is -2.32. The van der Waals surface area contributed by atoms with Gasteiger partial charge < -0.3 is 14.6 Å². The van der Waals surface area contributed by atoms with Gasteiger partial charge in [-0.3, -0.25) is 0 Å². The first-order chi connectivity index (χ1) is 12.3. The predicted molar refractivity (Wildman–Crippen MR) is 104 cm³/mol. The molecule has 4 rings (SSSR count). The Hall–Kier alpha value is -1.43. The maximum atomic E-state index is 15.2. The maximum Gasteiger partial charge on any atom is 0.525 e. The van der Waals surface area contributed by atoms with Crippen molar-refractivity contribution in [1.82, 2.24) is 5.32 Å². The number of benzene rings is 1. The number of nitrogens with one attached hydrogen (secondary N) is 1. The minimum Gasteiger partial charge on any atom is -0.398 e. The molecule has 0 aromatic heterocycles. The number of hydrogen-bond acceptors (Lipinski definition) is 3. The van der Waals surface area contributed by atoms with Gasteiger partial charge in [-0.25, -0.2) is 4.39 Å². The number of aryl methyl sites for hydroxylation is 1. The van der Waals surface area contributed by atoms with Crippen LogP contribution in [0.5, 0.6) is 0 Å². The van der Waals surface area contributed by atoms with Crippen molar-refractivity contribution in [2.24, 2.45) is 0 Å². The number of allylic oxidation sites excluding steroid dienone is 1. The molecule has 2 aliphatic heterocycles. The van der Waals surface area contributed by atoms with Crippen molar-refractivity contribution in [3.63, 3.8) is 0 Å². The Labute approximate surface area is 155 Å². The molecule has 0 bridgehead atoms. The first kappa shape index (κ1) is 18.0. The van der Waals surface area contributed by atoms with Crippen LogP contribution in [0, 0.1) is 0 Å². The zero-order chi connectivity index (χ0) is 18.5. The summed E-state index contributed by atoms with van der Waals surface area (Å²) < 4.78 is 27.0. The fourth-order valence-electron chi connectivity index (χ4n) is 3.91. The molecule has 1 N–H and O–H groups in total. The molecule has 26 heavy (non-hydrogen) atoms. The lowest BCUT2D eigenvalue weighted by atomic mass is 9.83. The average Bonchev–Trinajstić information content (AvgIpc) is 3.12. The third kappa shape index (κ3) is 2.96. The molecule has 1 saturated heterocycles. The third-order valence-corrected chi connectivity index (χ3v) is 6.26. The van der Waals surface area contributed by atoms with Crippen LogP contribution in [0.25, 0.3) is 11.1 Å². The predicted octanol–water partition coefficient (Wildman–Crippen LogP) is 4.32. The summed E-state index contributed by atoms with van der Waals surface area (Å²) in [5, 5.41) is 3.34. The van der Waals surface area contributed by atoms with E-state index in [0.29, 0.717) is 6.42 Å². The Morgan fingerprint density at radius 3 is 2.46 bits per heavy atom. The van der Waals surface area contributed by atoms with Crippen LogP contribution in [0.15, 0.2) is 30.0 Å². The van der Waals surface area contributed by atoms with Gasteiger partial charge >= 0.3 is 7.12 Å². The largest absolute Gasteiger partial charge is 0.525 e. The minimum absolute atomic E-state index is 0.267. The average molecular weight is 355 g/mol. The first-order valence-corrected chi connectivity index (χ1v) is 9.56. The van der Waals surface area contributed by atoms with Crippen LogP contribution in [0.2, 0.25) is 0 Å². The first-order valence-electron chi connectivity index (χ1n) is 9.56. The van der Waals surface area contributed by atoms with E-state index in [9.17, 15) is 0 Å². The molecule has 1 aliphatic carbocycles. The summed E-state index contributed by atoms with van der Waals surface area (Å²) in [6.45, 7) is 9.75. The molecule has 0 radical (unpaired) electrons. The van der Waals surface area contributed by atoms with Crippen molar-refractivity contribution >= 4 is 18.3 Å². The molecular weight excluding hydrogens is 328 g/mol. The van der Waals surface area contributed by atoms with Gasteiger partial charge in [0.2, 0.25) is 0 Å². The summed E-state index contributed by atoms with van der Waals surface area (Å²) in [4.78, 5) is 0. The molecule has 1 fully saturated rings. The van der Waals surface area contributed by atoms with Crippen molar-refractivity contribution in [2.75, 3.05) is 13.1 Å². The van der Waals surface area contributed by atoms with Crippen molar-refractivity contribution in [3.05, 3.63) is 46.7 Å². The Balaban J connectivity index is 1.63. The lowest BCUT2D eigenvalue weighted by molar-refractivity contribution is 0.00578. The monoisotopic (exact) mass is 355 g/mol. The van der Waals surface area contributed by atoms with E-state index in [1.807, 2.05) is 27.7 Å². The SMILES string of the molecule is CC1(C)OB(C(F)=C2CCc3cc(C4=CCNCC4)ccc32)OC1(C)C. The molecule has 1 aromatic rings. The molecular formula is C21H27BFNO2. The van der Waals surface area contributed by atoms with Crippen LogP contribution in [0.3, 0.4) is 0 Å². The molecule has 0 atom stereocenters. The van der Waals surface area contributed by atoms with Crippen LogP contribution in [0.4, 0.5) is 4.39 Å². The summed E-state index contributed by atoms with van der Waals surface area (Å²) in [5.74, 6) is 0. The van der Waals surface area contributed by atoms with Gasteiger partial charge in [-0.15, -0.1) is 0 Å². The van der Waals surface area contributed by atoms with Crippen LogP contribution >= 0.6 is 0 Å². The number of hydrogen-bond donors (Lipinski definition) is 1. The van der Waals surface area contributed by atoms with E-state index >= 15 is 4.39 Å². The highest BCUT2D eigenvalue weighted by Crippen LogP contribution is 2.43. The van der Waals surface area contributed by atoms with E-state index < -0.39 is 18.3 Å². The molecule has 3 nitrogen and oxygen atoms in total. The van der Waals surface area contributed by atoms with E-state index in [0.717, 1.165) is 37.1 Å². The number of fused-ring (bicyclic) bond motifs is 1. The van der Waals surface area contributed by atoms with Crippen LogP contribution in [0.1, 0.15) is 57.2 Å². The number of halogens is 1. The Morgan fingerprint density at radius 2 is 1.81 bits per heavy atom. The fourth-order valence-corrected chi connectivity index (χ4v) is 3.91. The standard InChI is InChI=1S/C21H27BFNO2/c1-20(2)21(3,4)26-22(25-20)19(23)18-8-6-16-13-15(5-7-17(16)18)14-9-11-24-12-10-14/h5,7,9,13,24H,6,8,10-12H2,1-4H3. The summed E-state index contributed by atoms with van der Waals surface area (Å²) in [6.07, 6.45) is 4.87. The topological polar surface area (TPSA) is 30.5 Å². The summed E-state index contributed by atoms with van der Waals surface area (Å²) >= 11 is 0. The van der Waals surface area contributed by atoms with Gasteiger partial charge in [0, 0.05) is 6.54 Å². The van der Waals surface area contributed by atoms with Gasteiger partial charge in [-0.2, -0.15) is 0 Å². The van der Waals surface area contributed by atoms with Crippen LogP contribution in [-0.2, 0) is 15.7 Å². The zero-order valence-corrected chi connectivity index (χ0v) is 16.1. The van der Waals surface area contributed by atoms with E-state index in [2.05, 4.69) is 29.6 Å². The summed E-state index contributed by atoms with van der Waals surface area (Å²) in [7, 11) is -0.909. The minimum atomic E-state index is -0.909. The third-order valence-electron chi connectivity index (χ3n) is 6.26. The van der Waals surface area contributed by atoms with Gasteiger partial charge in [0.25, 0.3) is 0 Å². The molecule has 0 spiro atoms. The van der Waals surface area contributed by atoms with E-state index in [-0.39, 0.29) is 5.73 Å². The Morgan fingerprint density at radius 1 is 1.08 bits per heavy atom. The molecule has 138 valence electrons. The van der Waals surface area contributed by atoms with E-state index in [1.165, 1.54) is 16.7 Å². The van der Waals surface area contributed by atoms with Crippen molar-refractivity contribution in [2.45, 2.75) is 58.2 Å². The van der Waals surface area contributed by atoms with Crippen LogP contribution in [-0.4, -0.2) is 31.4 Å². The normalized spacial score (nSPS) is 25.9. The van der Waals surface area contributed by atoms with Gasteiger partial charge in [-0.05, 0) is 81.3 Å². The number of rotatable bonds is 2. The van der Waals surface area contributed by atoms with Gasteiger partial charge in [0.15, 0.2) is 0 Å². The second-order valence-corrected chi connectivity index (χ2v) is 8.47. The smallest absolute Gasteiger partial charge is 0.398 e. The quantitative estimate of drug-likeness (QED) is 0.802. The van der Waals surface area contributed by atoms with Crippen molar-refractivity contribution < 1.29 is 13.7 Å². The highest BCUT2D eigenvalue weighted by atomic mass is 19.1. The highest BCUT2D eigenvalue weighted by Gasteiger charge is 2.53. The molecule has 0 amide bonds. The van der Waals surface area contributed by atoms with E-state index in [1.54, 1.807) is 0 Å². The summed E-state index contributed by atoms with van der Waals surface area (Å²) in [6, 6.07) is 6.43. The second kappa shape index (κ2) is 6.33. The van der Waals surface area contributed by atoms with Crippen molar-refractivity contribution in [1.29, 1.82) is 0 Å². The molecule has 0 saturated carbocycles. The van der Waals surface area contributed by atoms with Gasteiger partial charge in [-0.1, -0.05) is 24.3 Å². The Kier molecular flexibility index (Phi) is 4.37. The highest BCUT2D eigenvalue weighted by molar-refractivity contribution is 6.55. The van der Waals surface area contributed by atoms with Crippen LogP contribution < -0.4 is 5.32 Å². The van der Waals surface area contributed by atoms with E-state index in [4.69, 9.17) is 9.31 Å². The molecule has 3 aliphatic rings. The molecule has 1 aromatic carbocycles. The zero-order valence-electron chi connectivity index (χ0n) is 16.1. The fraction of sp³-hybridized carbons (Fsp3) is 0.524. The van der Waals surface area contributed by atoms with Gasteiger partial charge in [0.1, 0.15) is 5.73 Å². The molecule has 2 heterocycles. The molecule has 5 heteroatoms. The van der Waals surface area contributed by atoms with Crippen molar-refractivity contribution in [3.8, 4) is 0 Å². The summed E-state index contributed by atoms with van der Waals surface area (Å²) in [5.41, 5.74) is 4.31. The molecule has 0 unspecified atom stereocenters. The second-order valence-electron chi connectivity index (χ2n) is 8.47. The lowest BCUT2D eigenvalue weighted by Crippen LogP contribution is -2.41. The Bertz CT molecular complexity index is 781. The van der Waals surface area contributed by atoms with Gasteiger partial charge in [0.05, 0.1) is 11.2 Å². The maximum absolute atomic E-state index is 15.2.